The van der Waals surface area contributed by atoms with Gasteiger partial charge in [-0.1, -0.05) is 13.8 Å². The van der Waals surface area contributed by atoms with E-state index in [1.165, 1.54) is 0 Å². The Labute approximate surface area is 104 Å². The van der Waals surface area contributed by atoms with E-state index in [0.29, 0.717) is 0 Å². The van der Waals surface area contributed by atoms with Gasteiger partial charge in [-0.25, -0.2) is 0 Å². The van der Waals surface area contributed by atoms with E-state index >= 15 is 0 Å². The zero-order valence-corrected chi connectivity index (χ0v) is 11.3. The van der Waals surface area contributed by atoms with Crippen LogP contribution < -0.4 is 10.6 Å². The maximum absolute atomic E-state index is 12.3. The van der Waals surface area contributed by atoms with Crippen molar-refractivity contribution in [3.63, 3.8) is 0 Å². The Hall–Kier alpha value is -0.610. The van der Waals surface area contributed by atoms with E-state index in [2.05, 4.69) is 10.6 Å². The maximum atomic E-state index is 12.3. The molecule has 1 rings (SSSR count). The SMILES string of the molecule is CCC(CC)(CO)NC(=O)C1(C)CCCNC1. The first-order chi connectivity index (χ1) is 8.02. The van der Waals surface area contributed by atoms with E-state index in [9.17, 15) is 9.90 Å². The molecule has 1 aliphatic rings. The molecule has 1 aliphatic heterocycles. The lowest BCUT2D eigenvalue weighted by atomic mass is 9.80. The molecule has 0 spiro atoms. The lowest BCUT2D eigenvalue weighted by molar-refractivity contribution is -0.134. The number of piperidine rings is 1. The van der Waals surface area contributed by atoms with Gasteiger partial charge in [-0.15, -0.1) is 0 Å². The molecule has 0 aromatic rings. The zero-order chi connectivity index (χ0) is 12.9. The van der Waals surface area contributed by atoms with E-state index in [-0.39, 0.29) is 17.9 Å². The molecular formula is C13H26N2O2. The number of nitrogens with one attached hydrogen (secondary N) is 2. The summed E-state index contributed by atoms with van der Waals surface area (Å²) in [6, 6.07) is 0. The Morgan fingerprint density at radius 1 is 1.47 bits per heavy atom. The van der Waals surface area contributed by atoms with E-state index < -0.39 is 5.54 Å². The van der Waals surface area contributed by atoms with Gasteiger partial charge in [0, 0.05) is 6.54 Å². The summed E-state index contributed by atoms with van der Waals surface area (Å²) >= 11 is 0. The molecule has 0 aromatic carbocycles. The molecule has 1 fully saturated rings. The molecule has 0 aliphatic carbocycles. The second kappa shape index (κ2) is 5.83. The van der Waals surface area contributed by atoms with Crippen LogP contribution in [0.1, 0.15) is 46.5 Å². The fourth-order valence-electron chi connectivity index (χ4n) is 2.33. The van der Waals surface area contributed by atoms with Crippen LogP contribution in [0.4, 0.5) is 0 Å². The highest BCUT2D eigenvalue weighted by molar-refractivity contribution is 5.83. The Morgan fingerprint density at radius 2 is 2.12 bits per heavy atom. The summed E-state index contributed by atoms with van der Waals surface area (Å²) < 4.78 is 0. The van der Waals surface area contributed by atoms with Crippen LogP contribution in [0.15, 0.2) is 0 Å². The van der Waals surface area contributed by atoms with Crippen LogP contribution in [0.5, 0.6) is 0 Å². The van der Waals surface area contributed by atoms with Crippen LogP contribution in [0.2, 0.25) is 0 Å². The van der Waals surface area contributed by atoms with Crippen molar-refractivity contribution in [3.8, 4) is 0 Å². The molecule has 4 heteroatoms. The van der Waals surface area contributed by atoms with Crippen molar-refractivity contribution in [2.45, 2.75) is 52.0 Å². The minimum atomic E-state index is -0.447. The van der Waals surface area contributed by atoms with Gasteiger partial charge in [-0.2, -0.15) is 0 Å². The van der Waals surface area contributed by atoms with E-state index in [0.717, 1.165) is 38.8 Å². The number of hydrogen-bond acceptors (Lipinski definition) is 3. The fourth-order valence-corrected chi connectivity index (χ4v) is 2.33. The van der Waals surface area contributed by atoms with Crippen LogP contribution in [-0.2, 0) is 4.79 Å². The largest absolute Gasteiger partial charge is 0.394 e. The molecule has 1 atom stereocenters. The third-order valence-electron chi connectivity index (χ3n) is 4.18. The molecule has 0 bridgehead atoms. The summed E-state index contributed by atoms with van der Waals surface area (Å²) in [5.74, 6) is 0.0717. The topological polar surface area (TPSA) is 61.4 Å². The van der Waals surface area contributed by atoms with Crippen LogP contribution in [-0.4, -0.2) is 36.2 Å². The van der Waals surface area contributed by atoms with Gasteiger partial charge in [0.05, 0.1) is 17.6 Å². The van der Waals surface area contributed by atoms with Crippen LogP contribution >= 0.6 is 0 Å². The first kappa shape index (κ1) is 14.5. The lowest BCUT2D eigenvalue weighted by Gasteiger charge is -2.38. The molecule has 100 valence electrons. The molecule has 1 unspecified atom stereocenters. The summed E-state index contributed by atoms with van der Waals surface area (Å²) in [6.07, 6.45) is 3.47. The third-order valence-corrected chi connectivity index (χ3v) is 4.18. The highest BCUT2D eigenvalue weighted by atomic mass is 16.3. The van der Waals surface area contributed by atoms with Gasteiger partial charge in [-0.3, -0.25) is 4.79 Å². The first-order valence-corrected chi connectivity index (χ1v) is 6.66. The zero-order valence-electron chi connectivity index (χ0n) is 11.3. The van der Waals surface area contributed by atoms with Gasteiger partial charge in [0.25, 0.3) is 0 Å². The lowest BCUT2D eigenvalue weighted by Crippen LogP contribution is -2.57. The summed E-state index contributed by atoms with van der Waals surface area (Å²) in [4.78, 5) is 12.3. The van der Waals surface area contributed by atoms with Gasteiger partial charge in [0.2, 0.25) is 5.91 Å². The molecule has 3 N–H and O–H groups in total. The molecule has 1 saturated heterocycles. The predicted octanol–water partition coefficient (Wildman–Crippen LogP) is 1.04. The van der Waals surface area contributed by atoms with Gasteiger partial charge >= 0.3 is 0 Å². The number of carbonyl (C=O) groups excluding carboxylic acids is 1. The van der Waals surface area contributed by atoms with Gasteiger partial charge < -0.3 is 15.7 Å². The average molecular weight is 242 g/mol. The normalized spacial score (nSPS) is 25.6. The average Bonchev–Trinajstić information content (AvgIpc) is 2.37. The van der Waals surface area contributed by atoms with Crippen molar-refractivity contribution < 1.29 is 9.90 Å². The van der Waals surface area contributed by atoms with Gasteiger partial charge in [0.15, 0.2) is 0 Å². The number of rotatable bonds is 5. The summed E-state index contributed by atoms with van der Waals surface area (Å²) in [5, 5.41) is 15.8. The highest BCUT2D eigenvalue weighted by Gasteiger charge is 2.38. The second-order valence-electron chi connectivity index (χ2n) is 5.44. The number of aliphatic hydroxyl groups is 1. The Morgan fingerprint density at radius 3 is 2.53 bits per heavy atom. The molecule has 1 heterocycles. The van der Waals surface area contributed by atoms with Gasteiger partial charge in [-0.05, 0) is 39.2 Å². The molecule has 0 radical (unpaired) electrons. The van der Waals surface area contributed by atoms with E-state index in [4.69, 9.17) is 0 Å². The molecule has 1 amide bonds. The molecule has 0 aromatic heterocycles. The van der Waals surface area contributed by atoms with Crippen molar-refractivity contribution in [1.29, 1.82) is 0 Å². The van der Waals surface area contributed by atoms with Crippen molar-refractivity contribution in [2.75, 3.05) is 19.7 Å². The van der Waals surface area contributed by atoms with Crippen molar-refractivity contribution in [2.24, 2.45) is 5.41 Å². The smallest absolute Gasteiger partial charge is 0.227 e. The standard InChI is InChI=1S/C13H26N2O2/c1-4-13(5-2,10-16)15-11(17)12(3)7-6-8-14-9-12/h14,16H,4-10H2,1-3H3,(H,15,17). The van der Waals surface area contributed by atoms with Crippen molar-refractivity contribution >= 4 is 5.91 Å². The highest BCUT2D eigenvalue weighted by Crippen LogP contribution is 2.27. The maximum Gasteiger partial charge on any atom is 0.227 e. The third kappa shape index (κ3) is 3.19. The predicted molar refractivity (Wildman–Crippen MR) is 68.8 cm³/mol. The van der Waals surface area contributed by atoms with Crippen molar-refractivity contribution in [3.05, 3.63) is 0 Å². The molecular weight excluding hydrogens is 216 g/mol. The second-order valence-corrected chi connectivity index (χ2v) is 5.44. The monoisotopic (exact) mass is 242 g/mol. The number of aliphatic hydroxyl groups excluding tert-OH is 1. The van der Waals surface area contributed by atoms with Crippen LogP contribution in [0, 0.1) is 5.41 Å². The minimum Gasteiger partial charge on any atom is -0.394 e. The van der Waals surface area contributed by atoms with Gasteiger partial charge in [0.1, 0.15) is 0 Å². The number of carbonyl (C=O) groups is 1. The summed E-state index contributed by atoms with van der Waals surface area (Å²) in [7, 11) is 0. The van der Waals surface area contributed by atoms with E-state index in [1.807, 2.05) is 20.8 Å². The molecule has 0 saturated carbocycles. The quantitative estimate of drug-likeness (QED) is 0.675. The number of amides is 1. The molecule has 4 nitrogen and oxygen atoms in total. The minimum absolute atomic E-state index is 0.00918. The first-order valence-electron chi connectivity index (χ1n) is 6.66. The van der Waals surface area contributed by atoms with Crippen LogP contribution in [0.3, 0.4) is 0 Å². The summed E-state index contributed by atoms with van der Waals surface area (Å²) in [6.45, 7) is 7.74. The van der Waals surface area contributed by atoms with Crippen molar-refractivity contribution in [1.82, 2.24) is 10.6 Å². The number of hydrogen-bond donors (Lipinski definition) is 3. The summed E-state index contributed by atoms with van der Waals surface area (Å²) in [5.41, 5.74) is -0.777. The fraction of sp³-hybridized carbons (Fsp3) is 0.923. The Balaban J connectivity index is 2.69. The van der Waals surface area contributed by atoms with E-state index in [1.54, 1.807) is 0 Å². The molecule has 17 heavy (non-hydrogen) atoms. The Kier molecular flexibility index (Phi) is 4.95. The Bertz CT molecular complexity index is 248. The van der Waals surface area contributed by atoms with Crippen LogP contribution in [0.25, 0.3) is 0 Å².